The molecular weight excluding hydrogens is 282 g/mol. The van der Waals surface area contributed by atoms with E-state index >= 15 is 0 Å². The zero-order valence-electron chi connectivity index (χ0n) is 12.9. The molecule has 0 atom stereocenters. The monoisotopic (exact) mass is 305 g/mol. The van der Waals surface area contributed by atoms with E-state index in [0.29, 0.717) is 0 Å². The van der Waals surface area contributed by atoms with Crippen molar-refractivity contribution in [2.45, 2.75) is 46.2 Å². The average molecular weight is 306 g/mol. The Balaban J connectivity index is 2.17. The van der Waals surface area contributed by atoms with Gasteiger partial charge < -0.3 is 5.32 Å². The molecule has 0 saturated heterocycles. The van der Waals surface area contributed by atoms with Crippen LogP contribution >= 0.6 is 11.6 Å². The van der Waals surface area contributed by atoms with Crippen LogP contribution in [-0.2, 0) is 19.5 Å². The van der Waals surface area contributed by atoms with E-state index in [4.69, 9.17) is 11.6 Å². The molecule has 0 fully saturated rings. The predicted molar refractivity (Wildman–Crippen MR) is 88.8 cm³/mol. The summed E-state index contributed by atoms with van der Waals surface area (Å²) < 4.78 is 2.09. The highest BCUT2D eigenvalue weighted by atomic mass is 35.5. The lowest BCUT2D eigenvalue weighted by Crippen LogP contribution is -2.15. The normalized spacial score (nSPS) is 11.0. The third-order valence-corrected chi connectivity index (χ3v) is 3.91. The minimum absolute atomic E-state index is 0.739. The third kappa shape index (κ3) is 4.32. The second kappa shape index (κ2) is 8.20. The minimum atomic E-state index is 0.739. The van der Waals surface area contributed by atoms with E-state index in [2.05, 4.69) is 35.0 Å². The number of nitrogens with one attached hydrogen (secondary N) is 1. The van der Waals surface area contributed by atoms with Crippen LogP contribution in [0.1, 0.15) is 43.5 Å². The SMILES string of the molecule is CCCNCc1cnn(Cc2ccccc2Cl)c1CCC. The van der Waals surface area contributed by atoms with E-state index in [9.17, 15) is 0 Å². The Morgan fingerprint density at radius 1 is 1.14 bits per heavy atom. The summed E-state index contributed by atoms with van der Waals surface area (Å²) in [5, 5.41) is 8.83. The maximum atomic E-state index is 6.26. The zero-order valence-corrected chi connectivity index (χ0v) is 13.7. The van der Waals surface area contributed by atoms with Gasteiger partial charge in [-0.2, -0.15) is 5.10 Å². The molecule has 114 valence electrons. The molecule has 0 spiro atoms. The molecule has 1 heterocycles. The number of benzene rings is 1. The lowest BCUT2D eigenvalue weighted by molar-refractivity contribution is 0.625. The van der Waals surface area contributed by atoms with Crippen molar-refractivity contribution in [1.29, 1.82) is 0 Å². The molecule has 0 amide bonds. The fraction of sp³-hybridized carbons (Fsp3) is 0.471. The lowest BCUT2D eigenvalue weighted by atomic mass is 10.1. The van der Waals surface area contributed by atoms with E-state index in [-0.39, 0.29) is 0 Å². The minimum Gasteiger partial charge on any atom is -0.313 e. The molecule has 0 unspecified atom stereocenters. The summed E-state index contributed by atoms with van der Waals surface area (Å²) >= 11 is 6.26. The maximum absolute atomic E-state index is 6.26. The number of rotatable bonds is 8. The van der Waals surface area contributed by atoms with E-state index in [1.165, 1.54) is 11.3 Å². The Hall–Kier alpha value is -1.32. The van der Waals surface area contributed by atoms with Gasteiger partial charge in [0.15, 0.2) is 0 Å². The summed E-state index contributed by atoms with van der Waals surface area (Å²) in [7, 11) is 0. The summed E-state index contributed by atoms with van der Waals surface area (Å²) in [5.41, 5.74) is 3.74. The zero-order chi connectivity index (χ0) is 15.1. The molecule has 3 nitrogen and oxygen atoms in total. The van der Waals surface area contributed by atoms with Gasteiger partial charge in [-0.05, 0) is 31.0 Å². The fourth-order valence-corrected chi connectivity index (χ4v) is 2.64. The number of halogens is 1. The van der Waals surface area contributed by atoms with Gasteiger partial charge in [0, 0.05) is 22.8 Å². The molecule has 0 radical (unpaired) electrons. The summed E-state index contributed by atoms with van der Waals surface area (Å²) in [5.74, 6) is 0. The van der Waals surface area contributed by atoms with Gasteiger partial charge in [-0.1, -0.05) is 50.1 Å². The summed E-state index contributed by atoms with van der Waals surface area (Å²) in [6.07, 6.45) is 5.31. The van der Waals surface area contributed by atoms with Crippen molar-refractivity contribution in [3.63, 3.8) is 0 Å². The largest absolute Gasteiger partial charge is 0.313 e. The Kier molecular flexibility index (Phi) is 6.27. The first-order valence-electron chi connectivity index (χ1n) is 7.74. The van der Waals surface area contributed by atoms with Crippen LogP contribution in [0.3, 0.4) is 0 Å². The van der Waals surface area contributed by atoms with Crippen molar-refractivity contribution in [1.82, 2.24) is 15.1 Å². The van der Waals surface area contributed by atoms with Crippen molar-refractivity contribution in [2.24, 2.45) is 0 Å². The van der Waals surface area contributed by atoms with Gasteiger partial charge >= 0.3 is 0 Å². The molecular formula is C17H24ClN3. The molecule has 0 aliphatic heterocycles. The first kappa shape index (κ1) is 16.1. The van der Waals surface area contributed by atoms with Gasteiger partial charge in [0.2, 0.25) is 0 Å². The summed E-state index contributed by atoms with van der Waals surface area (Å²) in [6, 6.07) is 7.98. The maximum Gasteiger partial charge on any atom is 0.0677 e. The van der Waals surface area contributed by atoms with Gasteiger partial charge in [0.05, 0.1) is 12.7 Å². The van der Waals surface area contributed by atoms with Crippen LogP contribution in [0.2, 0.25) is 5.02 Å². The molecule has 21 heavy (non-hydrogen) atoms. The number of aromatic nitrogens is 2. The van der Waals surface area contributed by atoms with Gasteiger partial charge in [-0.25, -0.2) is 0 Å². The topological polar surface area (TPSA) is 29.9 Å². The fourth-order valence-electron chi connectivity index (χ4n) is 2.45. The molecule has 1 aromatic carbocycles. The molecule has 0 saturated carbocycles. The van der Waals surface area contributed by atoms with Crippen LogP contribution < -0.4 is 5.32 Å². The Morgan fingerprint density at radius 2 is 1.95 bits per heavy atom. The molecule has 0 aliphatic rings. The van der Waals surface area contributed by atoms with E-state index in [1.807, 2.05) is 24.4 Å². The third-order valence-electron chi connectivity index (χ3n) is 3.54. The van der Waals surface area contributed by atoms with E-state index < -0.39 is 0 Å². The Morgan fingerprint density at radius 3 is 2.67 bits per heavy atom. The Bertz CT molecular complexity index is 563. The van der Waals surface area contributed by atoms with Crippen molar-refractivity contribution in [3.8, 4) is 0 Å². The van der Waals surface area contributed by atoms with Crippen molar-refractivity contribution in [3.05, 3.63) is 52.3 Å². The Labute approximate surface area is 132 Å². The van der Waals surface area contributed by atoms with Crippen LogP contribution in [0.25, 0.3) is 0 Å². The van der Waals surface area contributed by atoms with Crippen LogP contribution in [0.4, 0.5) is 0 Å². The smallest absolute Gasteiger partial charge is 0.0677 e. The molecule has 0 aliphatic carbocycles. The van der Waals surface area contributed by atoms with E-state index in [0.717, 1.165) is 49.5 Å². The first-order chi connectivity index (χ1) is 10.3. The van der Waals surface area contributed by atoms with Crippen molar-refractivity contribution < 1.29 is 0 Å². The average Bonchev–Trinajstić information content (AvgIpc) is 2.85. The van der Waals surface area contributed by atoms with Crippen LogP contribution in [-0.4, -0.2) is 16.3 Å². The second-order valence-corrected chi connectivity index (χ2v) is 5.70. The van der Waals surface area contributed by atoms with E-state index in [1.54, 1.807) is 0 Å². The molecule has 0 bridgehead atoms. The standard InChI is InChI=1S/C17H24ClN3/c1-3-7-17-15(11-19-10-4-2)12-20-21(17)13-14-8-5-6-9-16(14)18/h5-6,8-9,12,19H,3-4,7,10-11,13H2,1-2H3. The number of hydrogen-bond acceptors (Lipinski definition) is 2. The van der Waals surface area contributed by atoms with Gasteiger partial charge in [-0.15, -0.1) is 0 Å². The van der Waals surface area contributed by atoms with Crippen LogP contribution in [0.5, 0.6) is 0 Å². The van der Waals surface area contributed by atoms with Gasteiger partial charge in [0.1, 0.15) is 0 Å². The molecule has 1 aromatic heterocycles. The van der Waals surface area contributed by atoms with Crippen molar-refractivity contribution in [2.75, 3.05) is 6.54 Å². The van der Waals surface area contributed by atoms with Crippen molar-refractivity contribution >= 4 is 11.6 Å². The first-order valence-corrected chi connectivity index (χ1v) is 8.11. The summed E-state index contributed by atoms with van der Waals surface area (Å²) in [6.45, 7) is 7.06. The number of hydrogen-bond donors (Lipinski definition) is 1. The highest BCUT2D eigenvalue weighted by Gasteiger charge is 2.11. The highest BCUT2D eigenvalue weighted by molar-refractivity contribution is 6.31. The predicted octanol–water partition coefficient (Wildman–Crippen LogP) is 4.04. The van der Waals surface area contributed by atoms with Gasteiger partial charge in [-0.3, -0.25) is 4.68 Å². The van der Waals surface area contributed by atoms with Gasteiger partial charge in [0.25, 0.3) is 0 Å². The highest BCUT2D eigenvalue weighted by Crippen LogP contribution is 2.19. The second-order valence-electron chi connectivity index (χ2n) is 5.29. The summed E-state index contributed by atoms with van der Waals surface area (Å²) in [4.78, 5) is 0. The molecule has 1 N–H and O–H groups in total. The quantitative estimate of drug-likeness (QED) is 0.746. The molecule has 4 heteroatoms. The molecule has 2 aromatic rings. The van der Waals surface area contributed by atoms with Crippen LogP contribution in [0, 0.1) is 0 Å². The molecule has 2 rings (SSSR count). The van der Waals surface area contributed by atoms with Crippen LogP contribution in [0.15, 0.2) is 30.5 Å². The lowest BCUT2D eigenvalue weighted by Gasteiger charge is -2.10. The number of nitrogens with zero attached hydrogens (tertiary/aromatic N) is 2.